The van der Waals surface area contributed by atoms with E-state index in [2.05, 4.69) is 0 Å². The molecule has 1 aromatic carbocycles. The molecule has 132 valence electrons. The Morgan fingerprint density at radius 1 is 1.08 bits per heavy atom. The highest BCUT2D eigenvalue weighted by atomic mass is 16.2. The number of hydrogen-bond acceptors (Lipinski definition) is 3. The molecule has 1 aromatic rings. The topological polar surface area (TPSA) is 60.9 Å². The summed E-state index contributed by atoms with van der Waals surface area (Å²) in [4.78, 5) is 42.4. The minimum Gasteiger partial charge on any atom is -0.341 e. The molecule has 3 saturated heterocycles. The molecule has 2 atom stereocenters. The van der Waals surface area contributed by atoms with Gasteiger partial charge in [0, 0.05) is 26.1 Å². The molecule has 0 N–H and O–H groups in total. The zero-order valence-electron chi connectivity index (χ0n) is 14.3. The van der Waals surface area contributed by atoms with E-state index in [0.29, 0.717) is 32.5 Å². The second-order valence-electron chi connectivity index (χ2n) is 7.11. The molecule has 0 aromatic heterocycles. The zero-order chi connectivity index (χ0) is 17.4. The first kappa shape index (κ1) is 16.1. The number of likely N-dealkylation sites (tertiary alicyclic amines) is 1. The number of amides is 4. The van der Waals surface area contributed by atoms with Crippen molar-refractivity contribution >= 4 is 17.8 Å². The van der Waals surface area contributed by atoms with Crippen molar-refractivity contribution in [2.24, 2.45) is 0 Å². The molecular weight excluding hydrogens is 318 g/mol. The molecule has 3 heterocycles. The zero-order valence-corrected chi connectivity index (χ0v) is 14.3. The van der Waals surface area contributed by atoms with Crippen LogP contribution in [0.4, 0.5) is 4.79 Å². The van der Waals surface area contributed by atoms with E-state index < -0.39 is 0 Å². The van der Waals surface area contributed by atoms with Crippen molar-refractivity contribution in [2.45, 2.75) is 44.2 Å². The average Bonchev–Trinajstić information content (AvgIpc) is 3.33. The fourth-order valence-electron chi connectivity index (χ4n) is 4.21. The van der Waals surface area contributed by atoms with Crippen LogP contribution in [0.2, 0.25) is 0 Å². The summed E-state index contributed by atoms with van der Waals surface area (Å²) >= 11 is 0. The van der Waals surface area contributed by atoms with Crippen molar-refractivity contribution in [3.8, 4) is 0 Å². The Kier molecular flexibility index (Phi) is 4.19. The summed E-state index contributed by atoms with van der Waals surface area (Å²) in [5, 5.41) is 0. The molecule has 0 spiro atoms. The smallest absolute Gasteiger partial charge is 0.327 e. The first-order valence-electron chi connectivity index (χ1n) is 9.10. The highest BCUT2D eigenvalue weighted by Crippen LogP contribution is 2.31. The molecule has 0 bridgehead atoms. The number of hydrogen-bond donors (Lipinski definition) is 0. The molecule has 6 nitrogen and oxygen atoms in total. The van der Waals surface area contributed by atoms with Crippen LogP contribution in [0.15, 0.2) is 30.3 Å². The highest BCUT2D eigenvalue weighted by Gasteiger charge is 2.51. The van der Waals surface area contributed by atoms with Gasteiger partial charge in [0.05, 0.1) is 6.04 Å². The maximum absolute atomic E-state index is 12.5. The van der Waals surface area contributed by atoms with Gasteiger partial charge in [0.15, 0.2) is 0 Å². The van der Waals surface area contributed by atoms with Crippen molar-refractivity contribution in [1.82, 2.24) is 14.7 Å². The predicted molar refractivity (Wildman–Crippen MR) is 91.7 cm³/mol. The van der Waals surface area contributed by atoms with Gasteiger partial charge in [0.25, 0.3) is 5.91 Å². The monoisotopic (exact) mass is 341 g/mol. The first-order valence-corrected chi connectivity index (χ1v) is 9.10. The Hall–Kier alpha value is -2.37. The second kappa shape index (κ2) is 6.50. The Labute approximate surface area is 147 Å². The summed E-state index contributed by atoms with van der Waals surface area (Å²) in [6.45, 7) is 1.78. The first-order chi connectivity index (χ1) is 12.1. The third kappa shape index (κ3) is 2.90. The van der Waals surface area contributed by atoms with Crippen LogP contribution < -0.4 is 0 Å². The van der Waals surface area contributed by atoms with Gasteiger partial charge in [-0.25, -0.2) is 4.79 Å². The fourth-order valence-corrected chi connectivity index (χ4v) is 4.21. The van der Waals surface area contributed by atoms with Gasteiger partial charge in [0.1, 0.15) is 6.04 Å². The molecule has 4 rings (SSSR count). The van der Waals surface area contributed by atoms with Crippen molar-refractivity contribution in [1.29, 1.82) is 0 Å². The number of imide groups is 1. The summed E-state index contributed by atoms with van der Waals surface area (Å²) in [5.41, 5.74) is 1.15. The standard InChI is InChI=1S/C19H23N3O3/c23-17(9-8-14-5-2-1-3-6-14)20-12-10-15(13-20)22-18(24)16-7-4-11-21(16)19(22)25/h1-3,5-6,15-16H,4,7-13H2. The van der Waals surface area contributed by atoms with Crippen molar-refractivity contribution in [2.75, 3.05) is 19.6 Å². The lowest BCUT2D eigenvalue weighted by Crippen LogP contribution is -2.44. The number of aryl methyl sites for hydroxylation is 1. The molecule has 2 unspecified atom stereocenters. The number of rotatable bonds is 4. The summed E-state index contributed by atoms with van der Waals surface area (Å²) in [6.07, 6.45) is 3.55. The summed E-state index contributed by atoms with van der Waals surface area (Å²) in [6, 6.07) is 9.39. The van der Waals surface area contributed by atoms with Gasteiger partial charge in [-0.15, -0.1) is 0 Å². The third-order valence-electron chi connectivity index (χ3n) is 5.58. The number of urea groups is 1. The molecule has 0 saturated carbocycles. The lowest BCUT2D eigenvalue weighted by Gasteiger charge is -2.23. The number of benzene rings is 1. The molecule has 4 amide bonds. The van der Waals surface area contributed by atoms with Crippen LogP contribution >= 0.6 is 0 Å². The Morgan fingerprint density at radius 2 is 1.88 bits per heavy atom. The Morgan fingerprint density at radius 3 is 2.64 bits per heavy atom. The normalized spacial score (nSPS) is 25.8. The van der Waals surface area contributed by atoms with E-state index >= 15 is 0 Å². The molecule has 0 aliphatic carbocycles. The Bertz CT molecular complexity index is 668. The summed E-state index contributed by atoms with van der Waals surface area (Å²) in [5.74, 6) is 0.0389. The SMILES string of the molecule is O=C(CCc1ccccc1)N1CCC(N2C(=O)C3CCCN3C2=O)C1. The van der Waals surface area contributed by atoms with E-state index in [1.807, 2.05) is 30.3 Å². The maximum Gasteiger partial charge on any atom is 0.327 e. The van der Waals surface area contributed by atoms with Gasteiger partial charge in [-0.1, -0.05) is 30.3 Å². The van der Waals surface area contributed by atoms with Gasteiger partial charge in [0.2, 0.25) is 5.91 Å². The fraction of sp³-hybridized carbons (Fsp3) is 0.526. The van der Waals surface area contributed by atoms with Crippen LogP contribution in [0.3, 0.4) is 0 Å². The van der Waals surface area contributed by atoms with E-state index in [4.69, 9.17) is 0 Å². The van der Waals surface area contributed by atoms with E-state index in [0.717, 1.165) is 24.8 Å². The van der Waals surface area contributed by atoms with Crippen LogP contribution in [0.5, 0.6) is 0 Å². The van der Waals surface area contributed by atoms with Crippen molar-refractivity contribution in [3.05, 3.63) is 35.9 Å². The van der Waals surface area contributed by atoms with Crippen LogP contribution in [0.25, 0.3) is 0 Å². The quantitative estimate of drug-likeness (QED) is 0.783. The lowest BCUT2D eigenvalue weighted by molar-refractivity contribution is -0.132. The molecule has 3 aliphatic rings. The van der Waals surface area contributed by atoms with Crippen LogP contribution in [-0.4, -0.2) is 64.3 Å². The molecule has 6 heteroatoms. The third-order valence-corrected chi connectivity index (χ3v) is 5.58. The van der Waals surface area contributed by atoms with Crippen molar-refractivity contribution < 1.29 is 14.4 Å². The molecule has 3 aliphatic heterocycles. The van der Waals surface area contributed by atoms with E-state index in [1.54, 1.807) is 9.80 Å². The van der Waals surface area contributed by atoms with Gasteiger partial charge in [-0.2, -0.15) is 0 Å². The maximum atomic E-state index is 12.5. The number of carbonyl (C=O) groups is 3. The van der Waals surface area contributed by atoms with Gasteiger partial charge < -0.3 is 9.80 Å². The van der Waals surface area contributed by atoms with Crippen LogP contribution in [0.1, 0.15) is 31.2 Å². The highest BCUT2D eigenvalue weighted by molar-refractivity contribution is 6.05. The summed E-state index contributed by atoms with van der Waals surface area (Å²) < 4.78 is 0. The largest absolute Gasteiger partial charge is 0.341 e. The van der Waals surface area contributed by atoms with Crippen molar-refractivity contribution in [3.63, 3.8) is 0 Å². The minimum absolute atomic E-state index is 0.0638. The molecule has 25 heavy (non-hydrogen) atoms. The van der Waals surface area contributed by atoms with Gasteiger partial charge in [-0.05, 0) is 31.2 Å². The molecule has 3 fully saturated rings. The second-order valence-corrected chi connectivity index (χ2v) is 7.11. The molecular formula is C19H23N3O3. The molecule has 0 radical (unpaired) electrons. The number of carbonyl (C=O) groups excluding carboxylic acids is 3. The van der Waals surface area contributed by atoms with Crippen LogP contribution in [0, 0.1) is 0 Å². The predicted octanol–water partition coefficient (Wildman–Crippen LogP) is 1.65. The minimum atomic E-state index is -0.254. The number of fused-ring (bicyclic) bond motifs is 1. The van der Waals surface area contributed by atoms with E-state index in [1.165, 1.54) is 4.90 Å². The average molecular weight is 341 g/mol. The van der Waals surface area contributed by atoms with E-state index in [9.17, 15) is 14.4 Å². The van der Waals surface area contributed by atoms with E-state index in [-0.39, 0.29) is 29.9 Å². The lowest BCUT2D eigenvalue weighted by atomic mass is 10.1. The number of nitrogens with zero attached hydrogens (tertiary/aromatic N) is 3. The Balaban J connectivity index is 1.34. The van der Waals surface area contributed by atoms with Crippen LogP contribution in [-0.2, 0) is 16.0 Å². The van der Waals surface area contributed by atoms with Gasteiger partial charge >= 0.3 is 6.03 Å². The van der Waals surface area contributed by atoms with Gasteiger partial charge in [-0.3, -0.25) is 14.5 Å². The summed E-state index contributed by atoms with van der Waals surface area (Å²) in [7, 11) is 0.